The predicted molar refractivity (Wildman–Crippen MR) is 51.3 cm³/mol. The van der Waals surface area contributed by atoms with E-state index in [4.69, 9.17) is 11.6 Å². The maximum Gasteiger partial charge on any atom is 0.165 e. The van der Waals surface area contributed by atoms with Gasteiger partial charge < -0.3 is 0 Å². The molecule has 1 heterocycles. The second-order valence-electron chi connectivity index (χ2n) is 3.04. The summed E-state index contributed by atoms with van der Waals surface area (Å²) in [5, 5.41) is 8.34. The summed E-state index contributed by atoms with van der Waals surface area (Å²) in [4.78, 5) is 0. The molecular weight excluding hydrogens is 239 g/mol. The van der Waals surface area contributed by atoms with Gasteiger partial charge in [-0.05, 0) is 34.8 Å². The molecule has 1 aromatic heterocycles. The zero-order valence-electron chi connectivity index (χ0n) is 6.43. The smallest absolute Gasteiger partial charge is 0.154 e. The highest BCUT2D eigenvalue weighted by atomic mass is 79.9. The van der Waals surface area contributed by atoms with E-state index in [1.165, 1.54) is 19.3 Å². The molecule has 2 nitrogen and oxygen atoms in total. The van der Waals surface area contributed by atoms with Gasteiger partial charge in [-0.2, -0.15) is 5.10 Å². The highest BCUT2D eigenvalue weighted by molar-refractivity contribution is 9.10. The molecule has 0 aromatic carbocycles. The van der Waals surface area contributed by atoms with E-state index in [1.54, 1.807) is 0 Å². The van der Waals surface area contributed by atoms with Gasteiger partial charge in [0.05, 0.1) is 10.2 Å². The first kappa shape index (κ1) is 8.45. The quantitative estimate of drug-likeness (QED) is 0.762. The van der Waals surface area contributed by atoms with Gasteiger partial charge in [-0.3, -0.25) is 0 Å². The molecule has 0 bridgehead atoms. The van der Waals surface area contributed by atoms with Crippen molar-refractivity contribution >= 4 is 27.5 Å². The van der Waals surface area contributed by atoms with E-state index in [-0.39, 0.29) is 0 Å². The van der Waals surface area contributed by atoms with E-state index in [1.807, 2.05) is 6.07 Å². The monoisotopic (exact) mass is 246 g/mol. The Morgan fingerprint density at radius 1 is 1.42 bits per heavy atom. The Labute approximate surface area is 84.5 Å². The van der Waals surface area contributed by atoms with Crippen molar-refractivity contribution < 1.29 is 0 Å². The van der Waals surface area contributed by atoms with E-state index in [9.17, 15) is 0 Å². The van der Waals surface area contributed by atoms with Gasteiger partial charge in [-0.15, -0.1) is 5.10 Å². The van der Waals surface area contributed by atoms with Crippen molar-refractivity contribution in [1.29, 1.82) is 0 Å². The molecule has 0 N–H and O–H groups in total. The highest BCUT2D eigenvalue weighted by Crippen LogP contribution is 2.36. The maximum atomic E-state index is 5.73. The van der Waals surface area contributed by atoms with Crippen molar-refractivity contribution in [3.8, 4) is 0 Å². The Balaban J connectivity index is 2.27. The van der Waals surface area contributed by atoms with Crippen molar-refractivity contribution in [2.45, 2.75) is 25.2 Å². The van der Waals surface area contributed by atoms with Crippen LogP contribution < -0.4 is 0 Å². The Morgan fingerprint density at radius 2 is 2.17 bits per heavy atom. The minimum absolute atomic E-state index is 0.443. The van der Waals surface area contributed by atoms with Crippen LogP contribution in [0.1, 0.15) is 30.9 Å². The summed E-state index contributed by atoms with van der Waals surface area (Å²) in [5.41, 5.74) is 1.07. The predicted octanol–water partition coefficient (Wildman–Crippen LogP) is 3.16. The van der Waals surface area contributed by atoms with E-state index in [0.29, 0.717) is 11.1 Å². The lowest BCUT2D eigenvalue weighted by molar-refractivity contribution is 0.408. The van der Waals surface area contributed by atoms with Crippen molar-refractivity contribution in [3.63, 3.8) is 0 Å². The molecule has 0 amide bonds. The van der Waals surface area contributed by atoms with E-state index in [0.717, 1.165) is 10.2 Å². The number of nitrogens with zero attached hydrogens (tertiary/aromatic N) is 2. The number of rotatable bonds is 1. The van der Waals surface area contributed by atoms with Gasteiger partial charge in [-0.25, -0.2) is 0 Å². The lowest BCUT2D eigenvalue weighted by atomic mass is 9.83. The summed E-state index contributed by atoms with van der Waals surface area (Å²) in [6.07, 6.45) is 3.79. The molecule has 0 unspecified atom stereocenters. The van der Waals surface area contributed by atoms with E-state index in [2.05, 4.69) is 26.1 Å². The second-order valence-corrected chi connectivity index (χ2v) is 4.25. The molecule has 64 valence electrons. The first-order valence-corrected chi connectivity index (χ1v) is 5.13. The zero-order valence-corrected chi connectivity index (χ0v) is 8.77. The number of aromatic nitrogens is 2. The molecule has 0 radical (unpaired) electrons. The van der Waals surface area contributed by atoms with Crippen LogP contribution in [-0.2, 0) is 0 Å². The van der Waals surface area contributed by atoms with Crippen LogP contribution in [-0.4, -0.2) is 10.2 Å². The van der Waals surface area contributed by atoms with Crippen LogP contribution in [0.25, 0.3) is 0 Å². The molecule has 1 fully saturated rings. The standard InChI is InChI=1S/C8H8BrClN2/c9-6-4-7(5-2-1-3-5)11-12-8(6)10/h4-5H,1-3H2. The summed E-state index contributed by atoms with van der Waals surface area (Å²) >= 11 is 9.06. The molecule has 0 saturated heterocycles. The first-order valence-electron chi connectivity index (χ1n) is 3.96. The van der Waals surface area contributed by atoms with Gasteiger partial charge in [0.15, 0.2) is 5.15 Å². The molecule has 1 aliphatic carbocycles. The van der Waals surface area contributed by atoms with Crippen LogP contribution in [0.4, 0.5) is 0 Å². The van der Waals surface area contributed by atoms with Crippen LogP contribution in [0.2, 0.25) is 5.15 Å². The number of hydrogen-bond donors (Lipinski definition) is 0. The van der Waals surface area contributed by atoms with Crippen molar-refractivity contribution in [2.75, 3.05) is 0 Å². The number of halogens is 2. The molecule has 0 spiro atoms. The highest BCUT2D eigenvalue weighted by Gasteiger charge is 2.21. The third kappa shape index (κ3) is 1.48. The maximum absolute atomic E-state index is 5.73. The average Bonchev–Trinajstić information content (AvgIpc) is 1.93. The molecule has 0 atom stereocenters. The summed E-state index contributed by atoms with van der Waals surface area (Å²) in [7, 11) is 0. The molecule has 12 heavy (non-hydrogen) atoms. The van der Waals surface area contributed by atoms with E-state index >= 15 is 0 Å². The second kappa shape index (κ2) is 3.30. The summed E-state index contributed by atoms with van der Waals surface area (Å²) < 4.78 is 0.848. The van der Waals surface area contributed by atoms with Gasteiger partial charge in [0.1, 0.15) is 0 Å². The summed E-state index contributed by atoms with van der Waals surface area (Å²) in [6.45, 7) is 0. The zero-order chi connectivity index (χ0) is 8.55. The largest absolute Gasteiger partial charge is 0.165 e. The van der Waals surface area contributed by atoms with Crippen LogP contribution in [0, 0.1) is 0 Å². The van der Waals surface area contributed by atoms with Gasteiger partial charge >= 0.3 is 0 Å². The summed E-state index contributed by atoms with van der Waals surface area (Å²) in [5.74, 6) is 0.617. The molecule has 1 aromatic rings. The first-order chi connectivity index (χ1) is 5.77. The Kier molecular flexibility index (Phi) is 2.33. The van der Waals surface area contributed by atoms with Crippen molar-refractivity contribution in [1.82, 2.24) is 10.2 Å². The third-order valence-electron chi connectivity index (χ3n) is 2.25. The SMILES string of the molecule is Clc1nnc(C2CCC2)cc1Br. The topological polar surface area (TPSA) is 25.8 Å². The fraction of sp³-hybridized carbons (Fsp3) is 0.500. The van der Waals surface area contributed by atoms with Crippen molar-refractivity contribution in [2.24, 2.45) is 0 Å². The lowest BCUT2D eigenvalue weighted by Gasteiger charge is -2.24. The van der Waals surface area contributed by atoms with Crippen LogP contribution in [0.5, 0.6) is 0 Å². The Hall–Kier alpha value is -0.150. The van der Waals surface area contributed by atoms with Crippen molar-refractivity contribution in [3.05, 3.63) is 21.4 Å². The minimum atomic E-state index is 0.443. The molecule has 2 rings (SSSR count). The Bertz CT molecular complexity index is 299. The fourth-order valence-electron chi connectivity index (χ4n) is 1.27. The molecule has 4 heteroatoms. The minimum Gasteiger partial charge on any atom is -0.154 e. The van der Waals surface area contributed by atoms with E-state index < -0.39 is 0 Å². The van der Waals surface area contributed by atoms with Crippen LogP contribution >= 0.6 is 27.5 Å². The van der Waals surface area contributed by atoms with Gasteiger partial charge in [0.2, 0.25) is 0 Å². The average molecular weight is 248 g/mol. The fourth-order valence-corrected chi connectivity index (χ4v) is 1.68. The molecule has 1 aliphatic rings. The number of hydrogen-bond acceptors (Lipinski definition) is 2. The van der Waals surface area contributed by atoms with Crippen LogP contribution in [0.15, 0.2) is 10.5 Å². The molecule has 0 aliphatic heterocycles. The normalized spacial score (nSPS) is 17.5. The molecular formula is C8H8BrClN2. The third-order valence-corrected chi connectivity index (χ3v) is 3.36. The van der Waals surface area contributed by atoms with Gasteiger partial charge in [0, 0.05) is 5.92 Å². The molecule has 1 saturated carbocycles. The lowest BCUT2D eigenvalue weighted by Crippen LogP contribution is -2.11. The van der Waals surface area contributed by atoms with Crippen LogP contribution in [0.3, 0.4) is 0 Å². The Morgan fingerprint density at radius 3 is 2.67 bits per heavy atom. The van der Waals surface area contributed by atoms with Gasteiger partial charge in [0.25, 0.3) is 0 Å². The summed E-state index contributed by atoms with van der Waals surface area (Å²) in [6, 6.07) is 1.97. The van der Waals surface area contributed by atoms with Gasteiger partial charge in [-0.1, -0.05) is 18.0 Å².